The maximum atomic E-state index is 10.1. The molecule has 4 aliphatic rings. The van der Waals surface area contributed by atoms with Crippen molar-refractivity contribution >= 4 is 0 Å². The van der Waals surface area contributed by atoms with Gasteiger partial charge in [0.25, 0.3) is 0 Å². The highest BCUT2D eigenvalue weighted by Gasteiger charge is 2.60. The summed E-state index contributed by atoms with van der Waals surface area (Å²) in [5, 5.41) is 10.1. The molecule has 1 nitrogen and oxygen atoms in total. The lowest BCUT2D eigenvalue weighted by Gasteiger charge is -2.60. The quantitative estimate of drug-likeness (QED) is 0.491. The largest absolute Gasteiger partial charge is 0.513 e. The SMILES string of the molecule is CC(C)[C@H](C)CC[C@@H](C)[C@H]1CC[C@H]2[C@@H]3CC[C@H]4CC(O)=CC[C@]4(C)[C@H]3CC[C@]12C. The Hall–Kier alpha value is -0.460. The van der Waals surface area contributed by atoms with Crippen molar-refractivity contribution in [3.05, 3.63) is 11.8 Å². The van der Waals surface area contributed by atoms with E-state index in [2.05, 4.69) is 47.6 Å². The van der Waals surface area contributed by atoms with Crippen LogP contribution < -0.4 is 0 Å². The molecule has 3 fully saturated rings. The summed E-state index contributed by atoms with van der Waals surface area (Å²) in [6.07, 6.45) is 15.8. The first-order valence-electron chi connectivity index (χ1n) is 13.0. The van der Waals surface area contributed by atoms with E-state index in [0.29, 0.717) is 16.6 Å². The van der Waals surface area contributed by atoms with Crippen LogP contribution in [0, 0.1) is 58.2 Å². The third-order valence-corrected chi connectivity index (χ3v) is 11.3. The van der Waals surface area contributed by atoms with Gasteiger partial charge in [0.05, 0.1) is 5.76 Å². The molecule has 0 aromatic rings. The maximum absolute atomic E-state index is 10.1. The Labute approximate surface area is 181 Å². The molecule has 0 aromatic carbocycles. The molecule has 0 aliphatic heterocycles. The van der Waals surface area contributed by atoms with Crippen molar-refractivity contribution in [2.45, 2.75) is 106 Å². The zero-order valence-electron chi connectivity index (χ0n) is 20.2. The van der Waals surface area contributed by atoms with Gasteiger partial charge in [-0.15, -0.1) is 0 Å². The molecule has 3 saturated carbocycles. The number of hydrogen-bond acceptors (Lipinski definition) is 1. The van der Waals surface area contributed by atoms with Crippen LogP contribution in [0.1, 0.15) is 106 Å². The standard InChI is InChI=1S/C28H48O/c1-18(2)19(3)7-8-20(4)24-11-12-25-23-10-9-21-17-22(29)13-15-27(21,5)26(23)14-16-28(24,25)6/h13,18-21,23-26,29H,7-12,14-17H2,1-6H3/t19-,20-,21+,23+,24-,25+,26+,27+,28-/m1/s1. The third kappa shape index (κ3) is 3.61. The average Bonchev–Trinajstić information content (AvgIpc) is 3.03. The Morgan fingerprint density at radius 1 is 0.931 bits per heavy atom. The fourth-order valence-electron chi connectivity index (χ4n) is 8.90. The minimum Gasteiger partial charge on any atom is -0.513 e. The molecule has 0 unspecified atom stereocenters. The summed E-state index contributed by atoms with van der Waals surface area (Å²) in [5.41, 5.74) is 1.05. The summed E-state index contributed by atoms with van der Waals surface area (Å²) in [5.74, 6) is 7.76. The first-order chi connectivity index (χ1) is 13.7. The first kappa shape index (κ1) is 21.8. The molecular formula is C28H48O. The molecule has 0 spiro atoms. The Bertz CT molecular complexity index is 620. The Balaban J connectivity index is 1.47. The summed E-state index contributed by atoms with van der Waals surface area (Å²) < 4.78 is 0. The van der Waals surface area contributed by atoms with Crippen molar-refractivity contribution in [1.82, 2.24) is 0 Å². The van der Waals surface area contributed by atoms with E-state index in [0.717, 1.165) is 60.2 Å². The van der Waals surface area contributed by atoms with Gasteiger partial charge >= 0.3 is 0 Å². The van der Waals surface area contributed by atoms with Gasteiger partial charge in [0.1, 0.15) is 0 Å². The van der Waals surface area contributed by atoms with E-state index in [1.807, 2.05) is 0 Å². The summed E-state index contributed by atoms with van der Waals surface area (Å²) in [6, 6.07) is 0. The summed E-state index contributed by atoms with van der Waals surface area (Å²) in [7, 11) is 0. The van der Waals surface area contributed by atoms with Gasteiger partial charge in [-0.3, -0.25) is 0 Å². The highest BCUT2D eigenvalue weighted by molar-refractivity contribution is 5.14. The molecule has 0 radical (unpaired) electrons. The van der Waals surface area contributed by atoms with Gasteiger partial charge in [-0.25, -0.2) is 0 Å². The van der Waals surface area contributed by atoms with Crippen LogP contribution in [0.5, 0.6) is 0 Å². The molecule has 0 aromatic heterocycles. The van der Waals surface area contributed by atoms with Crippen molar-refractivity contribution in [1.29, 1.82) is 0 Å². The predicted molar refractivity (Wildman–Crippen MR) is 124 cm³/mol. The molecule has 4 aliphatic carbocycles. The zero-order valence-corrected chi connectivity index (χ0v) is 20.2. The van der Waals surface area contributed by atoms with Crippen molar-refractivity contribution in [3.8, 4) is 0 Å². The summed E-state index contributed by atoms with van der Waals surface area (Å²) in [4.78, 5) is 0. The second kappa shape index (κ2) is 7.90. The van der Waals surface area contributed by atoms with Crippen LogP contribution in [-0.4, -0.2) is 5.11 Å². The third-order valence-electron chi connectivity index (χ3n) is 11.3. The van der Waals surface area contributed by atoms with Crippen LogP contribution in [-0.2, 0) is 0 Å². The molecule has 166 valence electrons. The van der Waals surface area contributed by atoms with Crippen molar-refractivity contribution < 1.29 is 5.11 Å². The smallest absolute Gasteiger partial charge is 0.0886 e. The monoisotopic (exact) mass is 400 g/mol. The van der Waals surface area contributed by atoms with Gasteiger partial charge in [-0.1, -0.05) is 54.4 Å². The zero-order chi connectivity index (χ0) is 21.0. The molecule has 4 rings (SSSR count). The van der Waals surface area contributed by atoms with Gasteiger partial charge in [-0.05, 0) is 109 Å². The van der Waals surface area contributed by atoms with Crippen molar-refractivity contribution in [2.75, 3.05) is 0 Å². The highest BCUT2D eigenvalue weighted by Crippen LogP contribution is 2.68. The van der Waals surface area contributed by atoms with E-state index in [1.165, 1.54) is 51.4 Å². The van der Waals surface area contributed by atoms with Gasteiger partial charge in [0, 0.05) is 6.42 Å². The lowest BCUT2D eigenvalue weighted by molar-refractivity contribution is -0.104. The normalized spacial score (nSPS) is 46.4. The van der Waals surface area contributed by atoms with Gasteiger partial charge in [0.2, 0.25) is 0 Å². The fraction of sp³-hybridized carbons (Fsp3) is 0.929. The lowest BCUT2D eigenvalue weighted by Crippen LogP contribution is -2.52. The van der Waals surface area contributed by atoms with E-state index in [1.54, 1.807) is 0 Å². The van der Waals surface area contributed by atoms with Crippen LogP contribution in [0.4, 0.5) is 0 Å². The van der Waals surface area contributed by atoms with E-state index >= 15 is 0 Å². The summed E-state index contributed by atoms with van der Waals surface area (Å²) >= 11 is 0. The number of aliphatic hydroxyl groups excluding tert-OH is 1. The minimum atomic E-state index is 0.451. The number of aliphatic hydroxyl groups is 1. The molecule has 1 N–H and O–H groups in total. The molecule has 1 heteroatoms. The van der Waals surface area contributed by atoms with Crippen LogP contribution in [0.2, 0.25) is 0 Å². The molecule has 0 heterocycles. The predicted octanol–water partition coefficient (Wildman–Crippen LogP) is 8.41. The van der Waals surface area contributed by atoms with Crippen LogP contribution in [0.15, 0.2) is 11.8 Å². The van der Waals surface area contributed by atoms with E-state index in [-0.39, 0.29) is 0 Å². The van der Waals surface area contributed by atoms with E-state index in [4.69, 9.17) is 0 Å². The second-order valence-corrected chi connectivity index (χ2v) is 12.8. The van der Waals surface area contributed by atoms with E-state index < -0.39 is 0 Å². The van der Waals surface area contributed by atoms with Crippen molar-refractivity contribution in [2.24, 2.45) is 58.2 Å². The average molecular weight is 401 g/mol. The van der Waals surface area contributed by atoms with Gasteiger partial charge in [-0.2, -0.15) is 0 Å². The number of rotatable bonds is 5. The Morgan fingerprint density at radius 3 is 2.38 bits per heavy atom. The van der Waals surface area contributed by atoms with E-state index in [9.17, 15) is 5.11 Å². The highest BCUT2D eigenvalue weighted by atomic mass is 16.3. The van der Waals surface area contributed by atoms with Gasteiger partial charge < -0.3 is 5.11 Å². The Morgan fingerprint density at radius 2 is 1.66 bits per heavy atom. The number of fused-ring (bicyclic) bond motifs is 5. The lowest BCUT2D eigenvalue weighted by atomic mass is 9.45. The van der Waals surface area contributed by atoms with Crippen molar-refractivity contribution in [3.63, 3.8) is 0 Å². The molecular weight excluding hydrogens is 352 g/mol. The first-order valence-corrected chi connectivity index (χ1v) is 13.0. The molecule has 29 heavy (non-hydrogen) atoms. The summed E-state index contributed by atoms with van der Waals surface area (Å²) in [6.45, 7) is 15.1. The fourth-order valence-corrected chi connectivity index (χ4v) is 8.90. The molecule has 0 saturated heterocycles. The van der Waals surface area contributed by atoms with Gasteiger partial charge in [0.15, 0.2) is 0 Å². The molecule has 0 bridgehead atoms. The van der Waals surface area contributed by atoms with Crippen LogP contribution >= 0.6 is 0 Å². The molecule has 0 amide bonds. The Kier molecular flexibility index (Phi) is 5.93. The van der Waals surface area contributed by atoms with Crippen LogP contribution in [0.3, 0.4) is 0 Å². The maximum Gasteiger partial charge on any atom is 0.0886 e. The number of hydrogen-bond donors (Lipinski definition) is 1. The topological polar surface area (TPSA) is 20.2 Å². The number of allylic oxidation sites excluding steroid dienone is 2. The van der Waals surface area contributed by atoms with Crippen LogP contribution in [0.25, 0.3) is 0 Å². The second-order valence-electron chi connectivity index (χ2n) is 12.8. The molecule has 9 atom stereocenters. The minimum absolute atomic E-state index is 0.451.